The summed E-state index contributed by atoms with van der Waals surface area (Å²) < 4.78 is 33.1. The molecule has 6 nitrogen and oxygen atoms in total. The lowest BCUT2D eigenvalue weighted by molar-refractivity contribution is -0.114. The lowest BCUT2D eigenvalue weighted by Gasteiger charge is -2.24. The van der Waals surface area contributed by atoms with Crippen LogP contribution >= 0.6 is 0 Å². The van der Waals surface area contributed by atoms with Crippen molar-refractivity contribution in [2.24, 2.45) is 0 Å². The Morgan fingerprint density at radius 3 is 2.00 bits per heavy atom. The van der Waals surface area contributed by atoms with Gasteiger partial charge in [-0.05, 0) is 80.4 Å². The first-order valence-corrected chi connectivity index (χ1v) is 11.2. The molecule has 7 heteroatoms. The third kappa shape index (κ3) is 5.44. The van der Waals surface area contributed by atoms with Crippen molar-refractivity contribution in [2.45, 2.75) is 25.7 Å². The second-order valence-corrected chi connectivity index (χ2v) is 9.31. The van der Waals surface area contributed by atoms with Gasteiger partial charge in [0, 0.05) is 5.69 Å². The van der Waals surface area contributed by atoms with E-state index in [0.29, 0.717) is 17.1 Å². The van der Waals surface area contributed by atoms with Crippen LogP contribution in [0.4, 0.5) is 11.4 Å². The molecule has 0 atom stereocenters. The highest BCUT2D eigenvalue weighted by Gasteiger charge is 2.27. The molecule has 0 aliphatic heterocycles. The fourth-order valence-electron chi connectivity index (χ4n) is 3.28. The van der Waals surface area contributed by atoms with Gasteiger partial charge in [0.05, 0.1) is 17.7 Å². The van der Waals surface area contributed by atoms with Gasteiger partial charge in [0.25, 0.3) is 10.0 Å². The Balaban J connectivity index is 1.94. The van der Waals surface area contributed by atoms with Gasteiger partial charge in [-0.3, -0.25) is 9.10 Å². The third-order valence-corrected chi connectivity index (χ3v) is 6.55. The van der Waals surface area contributed by atoms with Crippen LogP contribution in [0.5, 0.6) is 5.75 Å². The maximum absolute atomic E-state index is 13.4. The minimum Gasteiger partial charge on any atom is -0.497 e. The summed E-state index contributed by atoms with van der Waals surface area (Å²) in [5.41, 5.74) is 3.97. The number of ether oxygens (including phenoxy) is 1. The van der Waals surface area contributed by atoms with Gasteiger partial charge in [0.2, 0.25) is 5.91 Å². The molecule has 1 N–H and O–H groups in total. The van der Waals surface area contributed by atoms with Crippen LogP contribution in [0.25, 0.3) is 0 Å². The monoisotopic (exact) mass is 438 g/mol. The van der Waals surface area contributed by atoms with E-state index in [1.807, 2.05) is 39.0 Å². The molecule has 0 aliphatic carbocycles. The predicted molar refractivity (Wildman–Crippen MR) is 123 cm³/mol. The predicted octanol–water partition coefficient (Wildman–Crippen LogP) is 4.45. The van der Waals surface area contributed by atoms with Gasteiger partial charge in [-0.1, -0.05) is 23.8 Å². The summed E-state index contributed by atoms with van der Waals surface area (Å²) in [6, 6.07) is 18.8. The van der Waals surface area contributed by atoms with E-state index in [1.54, 1.807) is 48.5 Å². The van der Waals surface area contributed by atoms with Crippen molar-refractivity contribution in [3.8, 4) is 5.75 Å². The fourth-order valence-corrected chi connectivity index (χ4v) is 4.70. The Bertz CT molecular complexity index is 1150. The van der Waals surface area contributed by atoms with E-state index in [-0.39, 0.29) is 11.4 Å². The standard InChI is InChI=1S/C24H26N2O4S/c1-17-5-11-23(12-6-17)31(28,29)26(21-7-9-22(30-4)10-8-21)16-24(27)25-20-14-18(2)13-19(3)15-20/h5-15H,16H2,1-4H3,(H,25,27). The summed E-state index contributed by atoms with van der Waals surface area (Å²) in [5, 5.41) is 2.81. The highest BCUT2D eigenvalue weighted by Crippen LogP contribution is 2.26. The number of carbonyl (C=O) groups excluding carboxylic acids is 1. The molecule has 0 aliphatic rings. The van der Waals surface area contributed by atoms with Gasteiger partial charge in [0.1, 0.15) is 12.3 Å². The fraction of sp³-hybridized carbons (Fsp3) is 0.208. The number of hydrogen-bond acceptors (Lipinski definition) is 4. The molecule has 0 heterocycles. The molecule has 0 spiro atoms. The third-order valence-electron chi connectivity index (χ3n) is 4.76. The van der Waals surface area contributed by atoms with Gasteiger partial charge < -0.3 is 10.1 Å². The van der Waals surface area contributed by atoms with E-state index in [2.05, 4.69) is 5.32 Å². The zero-order valence-corrected chi connectivity index (χ0v) is 18.9. The van der Waals surface area contributed by atoms with Crippen molar-refractivity contribution < 1.29 is 17.9 Å². The zero-order valence-electron chi connectivity index (χ0n) is 18.0. The molecule has 3 rings (SSSR count). The van der Waals surface area contributed by atoms with Crippen molar-refractivity contribution in [3.05, 3.63) is 83.4 Å². The van der Waals surface area contributed by atoms with Crippen LogP contribution in [0, 0.1) is 20.8 Å². The summed E-state index contributed by atoms with van der Waals surface area (Å²) in [6.45, 7) is 5.40. The minimum atomic E-state index is -3.96. The number of nitrogens with zero attached hydrogens (tertiary/aromatic N) is 1. The molecule has 0 bridgehead atoms. The Hall–Kier alpha value is -3.32. The van der Waals surface area contributed by atoms with Gasteiger partial charge in [0.15, 0.2) is 0 Å². The zero-order chi connectivity index (χ0) is 22.6. The molecule has 0 saturated carbocycles. The average Bonchev–Trinajstić information content (AvgIpc) is 2.71. The normalized spacial score (nSPS) is 11.1. The highest BCUT2D eigenvalue weighted by atomic mass is 32.2. The van der Waals surface area contributed by atoms with E-state index in [1.165, 1.54) is 7.11 Å². The van der Waals surface area contributed by atoms with Crippen molar-refractivity contribution >= 4 is 27.3 Å². The SMILES string of the molecule is COc1ccc(N(CC(=O)Nc2cc(C)cc(C)c2)S(=O)(=O)c2ccc(C)cc2)cc1. The van der Waals surface area contributed by atoms with Crippen LogP contribution in [-0.4, -0.2) is 28.0 Å². The molecular weight excluding hydrogens is 412 g/mol. The molecule has 3 aromatic carbocycles. The van der Waals surface area contributed by atoms with Crippen molar-refractivity contribution in [1.29, 1.82) is 0 Å². The van der Waals surface area contributed by atoms with Crippen molar-refractivity contribution in [3.63, 3.8) is 0 Å². The number of anilines is 2. The summed E-state index contributed by atoms with van der Waals surface area (Å²) >= 11 is 0. The van der Waals surface area contributed by atoms with Crippen LogP contribution in [0.3, 0.4) is 0 Å². The van der Waals surface area contributed by atoms with Gasteiger partial charge in [-0.15, -0.1) is 0 Å². The lowest BCUT2D eigenvalue weighted by Crippen LogP contribution is -2.38. The second-order valence-electron chi connectivity index (χ2n) is 7.45. The van der Waals surface area contributed by atoms with Crippen molar-refractivity contribution in [1.82, 2.24) is 0 Å². The maximum atomic E-state index is 13.4. The van der Waals surface area contributed by atoms with Crippen LogP contribution in [0.2, 0.25) is 0 Å². The number of amides is 1. The van der Waals surface area contributed by atoms with Crippen LogP contribution in [0.1, 0.15) is 16.7 Å². The topological polar surface area (TPSA) is 75.7 Å². The van der Waals surface area contributed by atoms with Crippen LogP contribution in [-0.2, 0) is 14.8 Å². The Morgan fingerprint density at radius 2 is 1.45 bits per heavy atom. The number of nitrogens with one attached hydrogen (secondary N) is 1. The smallest absolute Gasteiger partial charge is 0.264 e. The lowest BCUT2D eigenvalue weighted by atomic mass is 10.1. The summed E-state index contributed by atoms with van der Waals surface area (Å²) in [5.74, 6) is 0.160. The van der Waals surface area contributed by atoms with E-state index < -0.39 is 15.9 Å². The molecule has 162 valence electrons. The summed E-state index contributed by atoms with van der Waals surface area (Å²) in [4.78, 5) is 13.0. The summed E-state index contributed by atoms with van der Waals surface area (Å²) in [7, 11) is -2.43. The minimum absolute atomic E-state index is 0.119. The molecule has 1 amide bonds. The quantitative estimate of drug-likeness (QED) is 0.591. The Labute approximate surface area is 183 Å². The maximum Gasteiger partial charge on any atom is 0.264 e. The number of aryl methyl sites for hydroxylation is 3. The Morgan fingerprint density at radius 1 is 0.871 bits per heavy atom. The number of benzene rings is 3. The largest absolute Gasteiger partial charge is 0.497 e. The molecule has 0 unspecified atom stereocenters. The van der Waals surface area contributed by atoms with E-state index in [0.717, 1.165) is 21.0 Å². The first-order valence-electron chi connectivity index (χ1n) is 9.80. The average molecular weight is 439 g/mol. The van der Waals surface area contributed by atoms with Crippen molar-refractivity contribution in [2.75, 3.05) is 23.3 Å². The first kappa shape index (κ1) is 22.4. The number of methoxy groups -OCH3 is 1. The molecule has 0 aromatic heterocycles. The second kappa shape index (κ2) is 9.22. The van der Waals surface area contributed by atoms with E-state index >= 15 is 0 Å². The van der Waals surface area contributed by atoms with Gasteiger partial charge >= 0.3 is 0 Å². The van der Waals surface area contributed by atoms with Crippen LogP contribution < -0.4 is 14.4 Å². The van der Waals surface area contributed by atoms with Gasteiger partial charge in [-0.25, -0.2) is 8.42 Å². The van der Waals surface area contributed by atoms with E-state index in [9.17, 15) is 13.2 Å². The van der Waals surface area contributed by atoms with Gasteiger partial charge in [-0.2, -0.15) is 0 Å². The number of carbonyl (C=O) groups is 1. The molecule has 3 aromatic rings. The highest BCUT2D eigenvalue weighted by molar-refractivity contribution is 7.92. The number of rotatable bonds is 7. The molecule has 0 radical (unpaired) electrons. The number of hydrogen-bond donors (Lipinski definition) is 1. The first-order chi connectivity index (χ1) is 14.7. The Kier molecular flexibility index (Phi) is 6.65. The molecule has 0 fully saturated rings. The summed E-state index contributed by atoms with van der Waals surface area (Å²) in [6.07, 6.45) is 0. The molecule has 0 saturated heterocycles. The molecular formula is C24H26N2O4S. The van der Waals surface area contributed by atoms with E-state index in [4.69, 9.17) is 4.74 Å². The molecule has 31 heavy (non-hydrogen) atoms. The van der Waals surface area contributed by atoms with Crippen LogP contribution in [0.15, 0.2) is 71.6 Å². The number of sulfonamides is 1.